The van der Waals surface area contributed by atoms with Gasteiger partial charge in [-0.15, -0.1) is 0 Å². The number of aliphatic hydroxyl groups is 1. The third kappa shape index (κ3) is 6.47. The zero-order valence-corrected chi connectivity index (χ0v) is 18.8. The number of benzene rings is 2. The quantitative estimate of drug-likeness (QED) is 0.641. The molecule has 1 aliphatic rings. The molecule has 3 rings (SSSR count). The van der Waals surface area contributed by atoms with Gasteiger partial charge in [-0.05, 0) is 56.9 Å². The number of hydrogen-bond acceptors (Lipinski definition) is 5. The number of ether oxygens (including phenoxy) is 1. The summed E-state index contributed by atoms with van der Waals surface area (Å²) in [5, 5.41) is 22.8. The first-order valence-corrected chi connectivity index (χ1v) is 10.9. The number of nitrogens with one attached hydrogen (secondary N) is 1. The predicted octanol–water partition coefficient (Wildman–Crippen LogP) is 3.03. The zero-order chi connectivity index (χ0) is 23.3. The molecule has 0 bridgehead atoms. The number of phenols is 1. The molecule has 1 aliphatic heterocycles. The van der Waals surface area contributed by atoms with Gasteiger partial charge in [-0.2, -0.15) is 0 Å². The van der Waals surface area contributed by atoms with Crippen molar-refractivity contribution < 1.29 is 24.5 Å². The Morgan fingerprint density at radius 1 is 1.09 bits per heavy atom. The number of phenolic OH excluding ortho intramolecular Hbond substituents is 1. The number of carbonyl (C=O) groups is 2. The van der Waals surface area contributed by atoms with Crippen LogP contribution in [0.5, 0.6) is 5.75 Å². The van der Waals surface area contributed by atoms with Crippen molar-refractivity contribution in [2.24, 2.45) is 0 Å². The summed E-state index contributed by atoms with van der Waals surface area (Å²) in [5.74, 6) is -0.135. The lowest BCUT2D eigenvalue weighted by Gasteiger charge is -2.31. The molecule has 172 valence electrons. The zero-order valence-electron chi connectivity index (χ0n) is 18.8. The molecule has 0 saturated carbocycles. The maximum absolute atomic E-state index is 13.6. The molecule has 32 heavy (non-hydrogen) atoms. The van der Waals surface area contributed by atoms with Gasteiger partial charge in [-0.25, -0.2) is 4.79 Å². The van der Waals surface area contributed by atoms with E-state index >= 15 is 0 Å². The number of alkyl carbamates (subject to hydrolysis) is 1. The van der Waals surface area contributed by atoms with E-state index in [0.29, 0.717) is 19.4 Å². The molecule has 2 amide bonds. The molecule has 0 unspecified atom stereocenters. The first-order valence-electron chi connectivity index (χ1n) is 10.9. The van der Waals surface area contributed by atoms with E-state index in [9.17, 15) is 19.8 Å². The van der Waals surface area contributed by atoms with E-state index in [2.05, 4.69) is 5.32 Å². The van der Waals surface area contributed by atoms with Gasteiger partial charge in [0.15, 0.2) is 0 Å². The molecule has 2 aromatic rings. The van der Waals surface area contributed by atoms with Crippen LogP contribution in [0.4, 0.5) is 4.79 Å². The molecule has 1 heterocycles. The van der Waals surface area contributed by atoms with Crippen molar-refractivity contribution in [3.63, 3.8) is 0 Å². The average molecular weight is 441 g/mol. The SMILES string of the molecule is CC(C)(C)OC(=O)N[C@@H](Cc1ccc(O)cc1)C(=O)N1CC[C@H](O)[C@@H]1Cc1ccccc1. The lowest BCUT2D eigenvalue weighted by molar-refractivity contribution is -0.135. The molecule has 0 aliphatic carbocycles. The second-order valence-corrected chi connectivity index (χ2v) is 9.21. The van der Waals surface area contributed by atoms with Gasteiger partial charge in [0.1, 0.15) is 17.4 Å². The molecule has 7 heteroatoms. The molecule has 1 fully saturated rings. The fourth-order valence-corrected chi connectivity index (χ4v) is 3.93. The minimum atomic E-state index is -0.863. The van der Waals surface area contributed by atoms with Crippen LogP contribution in [0, 0.1) is 0 Å². The van der Waals surface area contributed by atoms with Crippen LogP contribution >= 0.6 is 0 Å². The number of hydrogen-bond donors (Lipinski definition) is 3. The van der Waals surface area contributed by atoms with Crippen LogP contribution < -0.4 is 5.32 Å². The van der Waals surface area contributed by atoms with Gasteiger partial charge < -0.3 is 25.2 Å². The maximum Gasteiger partial charge on any atom is 0.408 e. The Hall–Kier alpha value is -3.06. The van der Waals surface area contributed by atoms with Gasteiger partial charge >= 0.3 is 6.09 Å². The molecule has 3 atom stereocenters. The Morgan fingerprint density at radius 3 is 2.38 bits per heavy atom. The fraction of sp³-hybridized carbons (Fsp3) is 0.440. The van der Waals surface area contributed by atoms with Crippen molar-refractivity contribution in [2.45, 2.75) is 63.8 Å². The van der Waals surface area contributed by atoms with E-state index in [4.69, 9.17) is 4.74 Å². The van der Waals surface area contributed by atoms with Crippen molar-refractivity contribution in [3.8, 4) is 5.75 Å². The summed E-state index contributed by atoms with van der Waals surface area (Å²) >= 11 is 0. The number of nitrogens with zero attached hydrogens (tertiary/aromatic N) is 1. The second-order valence-electron chi connectivity index (χ2n) is 9.21. The van der Waals surface area contributed by atoms with Gasteiger partial charge in [-0.1, -0.05) is 42.5 Å². The van der Waals surface area contributed by atoms with Crippen LogP contribution in [0.2, 0.25) is 0 Å². The van der Waals surface area contributed by atoms with Crippen molar-refractivity contribution in [3.05, 3.63) is 65.7 Å². The normalized spacial score (nSPS) is 19.4. The van der Waals surface area contributed by atoms with E-state index in [-0.39, 0.29) is 24.1 Å². The van der Waals surface area contributed by atoms with Crippen molar-refractivity contribution >= 4 is 12.0 Å². The molecule has 7 nitrogen and oxygen atoms in total. The Bertz CT molecular complexity index is 908. The summed E-state index contributed by atoms with van der Waals surface area (Å²) < 4.78 is 5.37. The van der Waals surface area contributed by atoms with Crippen molar-refractivity contribution in [2.75, 3.05) is 6.54 Å². The number of aromatic hydroxyl groups is 1. The summed E-state index contributed by atoms with van der Waals surface area (Å²) in [7, 11) is 0. The van der Waals surface area contributed by atoms with Crippen LogP contribution in [0.1, 0.15) is 38.3 Å². The Labute approximate surface area is 189 Å². The minimum absolute atomic E-state index is 0.127. The van der Waals surface area contributed by atoms with Crippen LogP contribution in [-0.4, -0.2) is 57.4 Å². The van der Waals surface area contributed by atoms with Gasteiger partial charge in [0.25, 0.3) is 0 Å². The van der Waals surface area contributed by atoms with Crippen LogP contribution in [-0.2, 0) is 22.4 Å². The van der Waals surface area contributed by atoms with E-state index in [1.54, 1.807) is 49.9 Å². The Kier molecular flexibility index (Phi) is 7.40. The lowest BCUT2D eigenvalue weighted by Crippen LogP contribution is -2.53. The average Bonchev–Trinajstić information content (AvgIpc) is 3.08. The van der Waals surface area contributed by atoms with Crippen molar-refractivity contribution in [1.29, 1.82) is 0 Å². The molecule has 0 spiro atoms. The number of aliphatic hydroxyl groups excluding tert-OH is 1. The minimum Gasteiger partial charge on any atom is -0.508 e. The fourth-order valence-electron chi connectivity index (χ4n) is 3.93. The van der Waals surface area contributed by atoms with E-state index in [0.717, 1.165) is 11.1 Å². The second kappa shape index (κ2) is 10.0. The van der Waals surface area contributed by atoms with Crippen LogP contribution in [0.25, 0.3) is 0 Å². The van der Waals surface area contributed by atoms with E-state index in [1.807, 2.05) is 30.3 Å². The third-order valence-electron chi connectivity index (χ3n) is 5.45. The van der Waals surface area contributed by atoms with Gasteiger partial charge in [0.05, 0.1) is 12.1 Å². The molecule has 0 aromatic heterocycles. The summed E-state index contributed by atoms with van der Waals surface area (Å²) in [5.41, 5.74) is 1.12. The third-order valence-corrected chi connectivity index (χ3v) is 5.45. The lowest BCUT2D eigenvalue weighted by atomic mass is 10.0. The predicted molar refractivity (Wildman–Crippen MR) is 121 cm³/mol. The summed E-state index contributed by atoms with van der Waals surface area (Å²) in [6.07, 6.45) is -0.0412. The van der Waals surface area contributed by atoms with Gasteiger partial charge in [0.2, 0.25) is 5.91 Å². The highest BCUT2D eigenvalue weighted by atomic mass is 16.6. The summed E-state index contributed by atoms with van der Waals surface area (Å²) in [4.78, 5) is 27.7. The highest BCUT2D eigenvalue weighted by Crippen LogP contribution is 2.24. The van der Waals surface area contributed by atoms with Crippen LogP contribution in [0.3, 0.4) is 0 Å². The Morgan fingerprint density at radius 2 is 1.75 bits per heavy atom. The van der Waals surface area contributed by atoms with Gasteiger partial charge in [0, 0.05) is 13.0 Å². The number of rotatable bonds is 6. The van der Waals surface area contributed by atoms with E-state index < -0.39 is 23.8 Å². The molecular weight excluding hydrogens is 408 g/mol. The molecule has 3 N–H and O–H groups in total. The highest BCUT2D eigenvalue weighted by Gasteiger charge is 2.39. The molecule has 0 radical (unpaired) electrons. The topological polar surface area (TPSA) is 99.1 Å². The first kappa shape index (κ1) is 23.6. The van der Waals surface area contributed by atoms with Gasteiger partial charge in [-0.3, -0.25) is 4.79 Å². The standard InChI is InChI=1S/C25H32N2O5/c1-25(2,3)32-24(31)26-20(15-18-9-11-19(28)12-10-18)23(30)27-14-13-22(29)21(27)16-17-7-5-4-6-8-17/h4-12,20-22,28-29H,13-16H2,1-3H3,(H,26,31)/t20-,21-,22-/m0/s1. The highest BCUT2D eigenvalue weighted by molar-refractivity contribution is 5.86. The number of carbonyl (C=O) groups excluding carboxylic acids is 2. The van der Waals surface area contributed by atoms with Crippen molar-refractivity contribution in [1.82, 2.24) is 10.2 Å². The van der Waals surface area contributed by atoms with Crippen LogP contribution in [0.15, 0.2) is 54.6 Å². The maximum atomic E-state index is 13.6. The largest absolute Gasteiger partial charge is 0.508 e. The number of amides is 2. The summed E-state index contributed by atoms with van der Waals surface area (Å²) in [6.45, 7) is 5.70. The first-order chi connectivity index (χ1) is 15.1. The monoisotopic (exact) mass is 440 g/mol. The number of likely N-dealkylation sites (tertiary alicyclic amines) is 1. The molecule has 1 saturated heterocycles. The smallest absolute Gasteiger partial charge is 0.408 e. The molecular formula is C25H32N2O5. The molecule has 2 aromatic carbocycles. The van der Waals surface area contributed by atoms with E-state index in [1.165, 1.54) is 0 Å². The summed E-state index contributed by atoms with van der Waals surface area (Å²) in [6, 6.07) is 15.0. The Balaban J connectivity index is 1.80.